The van der Waals surface area contributed by atoms with Crippen molar-refractivity contribution in [2.24, 2.45) is 5.10 Å². The molecule has 3 aromatic rings. The van der Waals surface area contributed by atoms with E-state index < -0.39 is 6.23 Å². The minimum absolute atomic E-state index is 0.0286. The highest BCUT2D eigenvalue weighted by Gasteiger charge is 2.42. The van der Waals surface area contributed by atoms with Crippen LogP contribution in [0.1, 0.15) is 35.4 Å². The van der Waals surface area contributed by atoms with E-state index in [2.05, 4.69) is 15.9 Å². The van der Waals surface area contributed by atoms with E-state index in [4.69, 9.17) is 37.8 Å². The molecular weight excluding hydrogens is 487 g/mol. The van der Waals surface area contributed by atoms with Gasteiger partial charge >= 0.3 is 0 Å². The number of nitrogens with zero attached hydrogens (tertiary/aromatic N) is 2. The lowest BCUT2D eigenvalue weighted by atomic mass is 9.96. The second-order valence-electron chi connectivity index (χ2n) is 7.17. The molecule has 0 unspecified atom stereocenters. The summed E-state index contributed by atoms with van der Waals surface area (Å²) in [5.74, 6) is 1.47. The predicted molar refractivity (Wildman–Crippen MR) is 123 cm³/mol. The molecule has 5 rings (SSSR count). The maximum Gasteiger partial charge on any atom is 0.215 e. The second-order valence-corrected chi connectivity index (χ2v) is 8.87. The van der Waals surface area contributed by atoms with Gasteiger partial charge in [-0.1, -0.05) is 57.3 Å². The lowest BCUT2D eigenvalue weighted by Crippen LogP contribution is -2.34. The van der Waals surface area contributed by atoms with Gasteiger partial charge in [0.05, 0.1) is 23.9 Å². The van der Waals surface area contributed by atoms with Crippen LogP contribution in [0.3, 0.4) is 0 Å². The van der Waals surface area contributed by atoms with Crippen LogP contribution in [0.15, 0.2) is 70.2 Å². The maximum atomic E-state index is 6.53. The summed E-state index contributed by atoms with van der Waals surface area (Å²) in [6.07, 6.45) is 0.313. The highest BCUT2D eigenvalue weighted by atomic mass is 79.9. The smallest absolute Gasteiger partial charge is 0.215 e. The Balaban J connectivity index is 1.62. The van der Waals surface area contributed by atoms with Crippen molar-refractivity contribution in [3.8, 4) is 11.5 Å². The van der Waals surface area contributed by atoms with Crippen molar-refractivity contribution in [1.29, 1.82) is 0 Å². The van der Waals surface area contributed by atoms with Gasteiger partial charge in [-0.25, -0.2) is 5.01 Å². The zero-order valence-electron chi connectivity index (χ0n) is 16.0. The second kappa shape index (κ2) is 7.80. The lowest BCUT2D eigenvalue weighted by molar-refractivity contribution is -0.0194. The first-order valence-electron chi connectivity index (χ1n) is 9.45. The number of ether oxygens (including phenoxy) is 2. The summed E-state index contributed by atoms with van der Waals surface area (Å²) >= 11 is 16.5. The highest BCUT2D eigenvalue weighted by Crippen LogP contribution is 2.51. The SMILES string of the molecule is COc1ccc(C2=NN3[C@H](C2)c2cc(Cl)cc(Cl)c2O[C@H]3c2ccccc2Br)cc1. The number of rotatable bonds is 3. The van der Waals surface area contributed by atoms with E-state index >= 15 is 0 Å². The van der Waals surface area contributed by atoms with Gasteiger partial charge in [0.15, 0.2) is 0 Å². The van der Waals surface area contributed by atoms with E-state index in [1.54, 1.807) is 13.2 Å². The summed E-state index contributed by atoms with van der Waals surface area (Å²) in [4.78, 5) is 0. The molecule has 0 N–H and O–H groups in total. The molecule has 0 fully saturated rings. The number of methoxy groups -OCH3 is 1. The van der Waals surface area contributed by atoms with Gasteiger partial charge in [-0.05, 0) is 48.0 Å². The number of benzene rings is 3. The Kier molecular flexibility index (Phi) is 5.13. The average molecular weight is 504 g/mol. The number of hydrogen-bond donors (Lipinski definition) is 0. The highest BCUT2D eigenvalue weighted by molar-refractivity contribution is 9.10. The molecule has 0 amide bonds. The van der Waals surface area contributed by atoms with Crippen molar-refractivity contribution < 1.29 is 9.47 Å². The fourth-order valence-corrected chi connectivity index (χ4v) is 4.99. The Bertz CT molecular complexity index is 1150. The Morgan fingerprint density at radius 2 is 1.83 bits per heavy atom. The molecule has 7 heteroatoms. The van der Waals surface area contributed by atoms with Crippen molar-refractivity contribution in [2.45, 2.75) is 18.7 Å². The number of fused-ring (bicyclic) bond motifs is 3. The minimum atomic E-state index is -0.410. The zero-order valence-corrected chi connectivity index (χ0v) is 19.1. The summed E-state index contributed by atoms with van der Waals surface area (Å²) in [7, 11) is 1.66. The van der Waals surface area contributed by atoms with Crippen LogP contribution in [0.25, 0.3) is 0 Å². The van der Waals surface area contributed by atoms with Gasteiger partial charge < -0.3 is 9.47 Å². The molecule has 2 heterocycles. The molecule has 0 aliphatic carbocycles. The standard InChI is InChI=1S/C23H17BrCl2N2O2/c1-29-15-8-6-13(7-9-15)20-12-21-17-10-14(25)11-19(26)22(17)30-23(28(21)27-20)16-4-2-3-5-18(16)24/h2-11,21,23H,12H2,1H3/t21-,23+/m1/s1. The van der Waals surface area contributed by atoms with E-state index in [1.807, 2.05) is 59.6 Å². The van der Waals surface area contributed by atoms with E-state index in [0.29, 0.717) is 15.8 Å². The van der Waals surface area contributed by atoms with E-state index in [-0.39, 0.29) is 6.04 Å². The van der Waals surface area contributed by atoms with Crippen molar-refractivity contribution in [3.05, 3.63) is 91.9 Å². The molecule has 0 bridgehead atoms. The quantitative estimate of drug-likeness (QED) is 0.385. The Hall–Kier alpha value is -2.21. The summed E-state index contributed by atoms with van der Waals surface area (Å²) in [6.45, 7) is 0. The number of hydrazone groups is 1. The molecule has 2 atom stereocenters. The lowest BCUT2D eigenvalue weighted by Gasteiger charge is -2.39. The topological polar surface area (TPSA) is 34.1 Å². The van der Waals surface area contributed by atoms with Crippen molar-refractivity contribution in [1.82, 2.24) is 5.01 Å². The Morgan fingerprint density at radius 1 is 1.07 bits per heavy atom. The third-order valence-electron chi connectivity index (χ3n) is 5.40. The van der Waals surface area contributed by atoms with Crippen molar-refractivity contribution in [2.75, 3.05) is 7.11 Å². The van der Waals surface area contributed by atoms with Crippen molar-refractivity contribution >= 4 is 44.8 Å². The first-order chi connectivity index (χ1) is 14.5. The molecule has 30 heavy (non-hydrogen) atoms. The van der Waals surface area contributed by atoms with Crippen LogP contribution < -0.4 is 9.47 Å². The number of halogens is 3. The minimum Gasteiger partial charge on any atom is -0.497 e. The molecule has 4 nitrogen and oxygen atoms in total. The van der Waals surface area contributed by atoms with Crippen LogP contribution in [0.2, 0.25) is 10.0 Å². The van der Waals surface area contributed by atoms with Crippen LogP contribution in [-0.4, -0.2) is 17.8 Å². The van der Waals surface area contributed by atoms with Crippen LogP contribution >= 0.6 is 39.1 Å². The third-order valence-corrected chi connectivity index (χ3v) is 6.62. The van der Waals surface area contributed by atoms with Gasteiger partial charge in [0, 0.05) is 27.0 Å². The maximum absolute atomic E-state index is 6.53. The fraction of sp³-hybridized carbons (Fsp3) is 0.174. The van der Waals surface area contributed by atoms with Gasteiger partial charge in [-0.3, -0.25) is 0 Å². The molecule has 2 aliphatic heterocycles. The summed E-state index contributed by atoms with van der Waals surface area (Å²) in [6, 6.07) is 19.5. The van der Waals surface area contributed by atoms with Crippen LogP contribution in [0.5, 0.6) is 11.5 Å². The van der Waals surface area contributed by atoms with Gasteiger partial charge in [-0.15, -0.1) is 0 Å². The summed E-state index contributed by atoms with van der Waals surface area (Å²) in [5, 5.41) is 8.07. The molecule has 2 aliphatic rings. The molecule has 152 valence electrons. The van der Waals surface area contributed by atoms with E-state index in [9.17, 15) is 0 Å². The summed E-state index contributed by atoms with van der Waals surface area (Å²) < 4.78 is 12.6. The van der Waals surface area contributed by atoms with Crippen LogP contribution in [0.4, 0.5) is 0 Å². The Morgan fingerprint density at radius 3 is 2.57 bits per heavy atom. The van der Waals surface area contributed by atoms with Gasteiger partial charge in [0.2, 0.25) is 6.23 Å². The van der Waals surface area contributed by atoms with Crippen LogP contribution in [-0.2, 0) is 0 Å². The molecule has 0 spiro atoms. The average Bonchev–Trinajstić information content (AvgIpc) is 3.20. The first kappa shape index (κ1) is 19.7. The number of hydrogen-bond acceptors (Lipinski definition) is 4. The third kappa shape index (κ3) is 3.35. The fourth-order valence-electron chi connectivity index (χ4n) is 3.95. The monoisotopic (exact) mass is 502 g/mol. The molecule has 0 radical (unpaired) electrons. The predicted octanol–water partition coefficient (Wildman–Crippen LogP) is 7.01. The normalized spacial score (nSPS) is 19.6. The van der Waals surface area contributed by atoms with E-state index in [1.165, 1.54) is 0 Å². The molecular formula is C23H17BrCl2N2O2. The first-order valence-corrected chi connectivity index (χ1v) is 11.0. The van der Waals surface area contributed by atoms with E-state index in [0.717, 1.165) is 39.0 Å². The van der Waals surface area contributed by atoms with Crippen molar-refractivity contribution in [3.63, 3.8) is 0 Å². The molecule has 3 aromatic carbocycles. The summed E-state index contributed by atoms with van der Waals surface area (Å²) in [5.41, 5.74) is 3.96. The van der Waals surface area contributed by atoms with Gasteiger partial charge in [-0.2, -0.15) is 5.10 Å². The molecule has 0 saturated heterocycles. The largest absolute Gasteiger partial charge is 0.497 e. The Labute approximate surface area is 193 Å². The zero-order chi connectivity index (χ0) is 20.8. The van der Waals surface area contributed by atoms with Gasteiger partial charge in [0.1, 0.15) is 11.5 Å². The van der Waals surface area contributed by atoms with Gasteiger partial charge in [0.25, 0.3) is 0 Å². The molecule has 0 saturated carbocycles. The molecule has 0 aromatic heterocycles. The van der Waals surface area contributed by atoms with Crippen LogP contribution in [0, 0.1) is 0 Å².